The van der Waals surface area contributed by atoms with E-state index in [0.717, 1.165) is 17.8 Å². The SMILES string of the molecule is CC1Cc2ccccc2N1c1nccc(Nc2ccccc2C#N)n1. The highest BCUT2D eigenvalue weighted by atomic mass is 15.3. The number of hydrogen-bond acceptors (Lipinski definition) is 5. The number of rotatable bonds is 3. The smallest absolute Gasteiger partial charge is 0.232 e. The average molecular weight is 327 g/mol. The molecular weight excluding hydrogens is 310 g/mol. The first-order valence-corrected chi connectivity index (χ1v) is 8.22. The fraction of sp³-hybridized carbons (Fsp3) is 0.150. The lowest BCUT2D eigenvalue weighted by Crippen LogP contribution is -2.25. The molecule has 1 N–H and O–H groups in total. The molecule has 0 bridgehead atoms. The van der Waals surface area contributed by atoms with Crippen LogP contribution in [0.15, 0.2) is 60.8 Å². The van der Waals surface area contributed by atoms with Gasteiger partial charge in [0.05, 0.1) is 11.3 Å². The maximum absolute atomic E-state index is 9.24. The number of fused-ring (bicyclic) bond motifs is 1. The van der Waals surface area contributed by atoms with Gasteiger partial charge in [-0.15, -0.1) is 0 Å². The van der Waals surface area contributed by atoms with Crippen molar-refractivity contribution < 1.29 is 0 Å². The van der Waals surface area contributed by atoms with Crippen molar-refractivity contribution in [1.82, 2.24) is 9.97 Å². The summed E-state index contributed by atoms with van der Waals surface area (Å²) in [5, 5.41) is 12.5. The van der Waals surface area contributed by atoms with Crippen LogP contribution in [-0.2, 0) is 6.42 Å². The standard InChI is InChI=1S/C20H17N5/c1-14-12-15-6-3-5-9-18(15)25(14)20-22-11-10-19(24-20)23-17-8-4-2-7-16(17)13-21/h2-11,14H,12H2,1H3,(H,22,23,24). The number of benzene rings is 2. The largest absolute Gasteiger partial charge is 0.339 e. The van der Waals surface area contributed by atoms with Crippen LogP contribution < -0.4 is 10.2 Å². The lowest BCUT2D eigenvalue weighted by atomic mass is 10.1. The molecule has 2 aromatic carbocycles. The Morgan fingerprint density at radius 3 is 2.80 bits per heavy atom. The maximum Gasteiger partial charge on any atom is 0.232 e. The van der Waals surface area contributed by atoms with E-state index in [1.807, 2.05) is 30.3 Å². The first kappa shape index (κ1) is 15.2. The molecule has 0 aliphatic carbocycles. The van der Waals surface area contributed by atoms with Gasteiger partial charge in [0, 0.05) is 17.9 Å². The van der Waals surface area contributed by atoms with Gasteiger partial charge in [0.15, 0.2) is 0 Å². The normalized spacial score (nSPS) is 15.5. The Morgan fingerprint density at radius 1 is 1.12 bits per heavy atom. The van der Waals surface area contributed by atoms with Gasteiger partial charge in [-0.1, -0.05) is 30.3 Å². The van der Waals surface area contributed by atoms with Crippen molar-refractivity contribution in [3.8, 4) is 6.07 Å². The summed E-state index contributed by atoms with van der Waals surface area (Å²) in [6.45, 7) is 2.18. The second-order valence-electron chi connectivity index (χ2n) is 6.08. The van der Waals surface area contributed by atoms with Gasteiger partial charge in [-0.25, -0.2) is 4.98 Å². The van der Waals surface area contributed by atoms with Crippen molar-refractivity contribution in [3.63, 3.8) is 0 Å². The van der Waals surface area contributed by atoms with Crippen LogP contribution in [0.2, 0.25) is 0 Å². The number of nitrogens with one attached hydrogen (secondary N) is 1. The summed E-state index contributed by atoms with van der Waals surface area (Å²) in [5.41, 5.74) is 3.79. The first-order valence-electron chi connectivity index (χ1n) is 8.22. The van der Waals surface area contributed by atoms with E-state index in [2.05, 4.69) is 51.4 Å². The zero-order valence-electron chi connectivity index (χ0n) is 13.8. The number of nitriles is 1. The third-order valence-corrected chi connectivity index (χ3v) is 4.38. The number of hydrogen-bond donors (Lipinski definition) is 1. The average Bonchev–Trinajstić information content (AvgIpc) is 2.98. The molecule has 1 aromatic heterocycles. The molecule has 0 fully saturated rings. The lowest BCUT2D eigenvalue weighted by Gasteiger charge is -2.23. The van der Waals surface area contributed by atoms with Gasteiger partial charge in [-0.05, 0) is 43.2 Å². The van der Waals surface area contributed by atoms with Crippen LogP contribution in [0.1, 0.15) is 18.1 Å². The van der Waals surface area contributed by atoms with Crippen LogP contribution in [-0.4, -0.2) is 16.0 Å². The predicted molar refractivity (Wildman–Crippen MR) is 98.2 cm³/mol. The predicted octanol–water partition coefficient (Wildman–Crippen LogP) is 4.17. The van der Waals surface area contributed by atoms with Crippen LogP contribution in [0.4, 0.5) is 23.1 Å². The number of aromatic nitrogens is 2. The maximum atomic E-state index is 9.24. The van der Waals surface area contributed by atoms with Crippen molar-refractivity contribution in [2.45, 2.75) is 19.4 Å². The van der Waals surface area contributed by atoms with E-state index in [4.69, 9.17) is 0 Å². The quantitative estimate of drug-likeness (QED) is 0.782. The van der Waals surface area contributed by atoms with Gasteiger partial charge in [0.25, 0.3) is 0 Å². The molecule has 0 radical (unpaired) electrons. The van der Waals surface area contributed by atoms with Gasteiger partial charge >= 0.3 is 0 Å². The molecule has 5 heteroatoms. The molecule has 1 aliphatic rings. The van der Waals surface area contributed by atoms with Crippen molar-refractivity contribution in [2.24, 2.45) is 0 Å². The van der Waals surface area contributed by atoms with Crippen LogP contribution >= 0.6 is 0 Å². The minimum atomic E-state index is 0.305. The van der Waals surface area contributed by atoms with Crippen LogP contribution in [0.3, 0.4) is 0 Å². The first-order chi connectivity index (χ1) is 12.3. The highest BCUT2D eigenvalue weighted by Gasteiger charge is 2.28. The van der Waals surface area contributed by atoms with Gasteiger partial charge in [-0.2, -0.15) is 10.2 Å². The molecule has 4 rings (SSSR count). The van der Waals surface area contributed by atoms with Crippen molar-refractivity contribution in [1.29, 1.82) is 5.26 Å². The van der Waals surface area contributed by atoms with E-state index < -0.39 is 0 Å². The molecule has 25 heavy (non-hydrogen) atoms. The molecule has 122 valence electrons. The summed E-state index contributed by atoms with van der Waals surface area (Å²) in [4.78, 5) is 11.3. The fourth-order valence-corrected chi connectivity index (χ4v) is 3.23. The molecule has 1 atom stereocenters. The minimum absolute atomic E-state index is 0.305. The van der Waals surface area contributed by atoms with Crippen LogP contribution in [0.5, 0.6) is 0 Å². The van der Waals surface area contributed by atoms with Crippen LogP contribution in [0.25, 0.3) is 0 Å². The van der Waals surface area contributed by atoms with E-state index in [1.165, 1.54) is 5.56 Å². The van der Waals surface area contributed by atoms with Crippen molar-refractivity contribution in [2.75, 3.05) is 10.2 Å². The molecule has 3 aromatic rings. The summed E-state index contributed by atoms with van der Waals surface area (Å²) in [6, 6.07) is 20.0. The second-order valence-corrected chi connectivity index (χ2v) is 6.08. The highest BCUT2D eigenvalue weighted by Crippen LogP contribution is 2.36. The van der Waals surface area contributed by atoms with Gasteiger partial charge in [0.2, 0.25) is 5.95 Å². The molecule has 0 amide bonds. The number of nitrogens with zero attached hydrogens (tertiary/aromatic N) is 4. The number of para-hydroxylation sites is 2. The molecule has 0 saturated carbocycles. The monoisotopic (exact) mass is 327 g/mol. The zero-order valence-corrected chi connectivity index (χ0v) is 13.8. The third kappa shape index (κ3) is 2.79. The molecule has 5 nitrogen and oxygen atoms in total. The number of anilines is 4. The Labute approximate surface area is 146 Å². The van der Waals surface area contributed by atoms with Gasteiger partial charge in [-0.3, -0.25) is 0 Å². The highest BCUT2D eigenvalue weighted by molar-refractivity contribution is 5.69. The third-order valence-electron chi connectivity index (χ3n) is 4.38. The second kappa shape index (κ2) is 6.25. The summed E-state index contributed by atoms with van der Waals surface area (Å²) in [6.07, 6.45) is 2.72. The van der Waals surface area contributed by atoms with E-state index in [1.54, 1.807) is 12.3 Å². The van der Waals surface area contributed by atoms with Crippen molar-refractivity contribution in [3.05, 3.63) is 71.9 Å². The minimum Gasteiger partial charge on any atom is -0.339 e. The van der Waals surface area contributed by atoms with E-state index in [9.17, 15) is 5.26 Å². The van der Waals surface area contributed by atoms with E-state index in [0.29, 0.717) is 23.4 Å². The molecule has 1 unspecified atom stereocenters. The molecule has 1 aliphatic heterocycles. The Morgan fingerprint density at radius 2 is 1.92 bits per heavy atom. The Kier molecular flexibility index (Phi) is 3.79. The summed E-state index contributed by atoms with van der Waals surface area (Å²) >= 11 is 0. The van der Waals surface area contributed by atoms with Crippen molar-refractivity contribution >= 4 is 23.1 Å². The fourth-order valence-electron chi connectivity index (χ4n) is 3.23. The summed E-state index contributed by atoms with van der Waals surface area (Å²) in [5.74, 6) is 1.33. The molecular formula is C20H17N5. The lowest BCUT2D eigenvalue weighted by molar-refractivity contribution is 0.740. The van der Waals surface area contributed by atoms with E-state index >= 15 is 0 Å². The molecule has 0 saturated heterocycles. The van der Waals surface area contributed by atoms with Crippen LogP contribution in [0, 0.1) is 11.3 Å². The summed E-state index contributed by atoms with van der Waals surface area (Å²) in [7, 11) is 0. The van der Waals surface area contributed by atoms with Gasteiger partial charge in [0.1, 0.15) is 11.9 Å². The topological polar surface area (TPSA) is 64.8 Å². The Bertz CT molecular complexity index is 960. The Hall–Kier alpha value is -3.39. The Balaban J connectivity index is 1.68. The summed E-state index contributed by atoms with van der Waals surface area (Å²) < 4.78 is 0. The zero-order chi connectivity index (χ0) is 17.2. The molecule has 2 heterocycles. The molecule has 0 spiro atoms. The van der Waals surface area contributed by atoms with E-state index in [-0.39, 0.29) is 0 Å². The van der Waals surface area contributed by atoms with Gasteiger partial charge < -0.3 is 10.2 Å².